The number of nitrogens with two attached hydrogens (primary N) is 1. The minimum Gasteiger partial charge on any atom is -0.405 e. The van der Waals surface area contributed by atoms with Crippen molar-refractivity contribution in [2.75, 3.05) is 6.54 Å². The van der Waals surface area contributed by atoms with Gasteiger partial charge in [-0.3, -0.25) is 4.79 Å². The van der Waals surface area contributed by atoms with Crippen LogP contribution >= 0.6 is 0 Å². The van der Waals surface area contributed by atoms with Gasteiger partial charge in [-0.15, -0.1) is 13.2 Å². The van der Waals surface area contributed by atoms with Gasteiger partial charge in [0.05, 0.1) is 5.41 Å². The molecule has 1 aromatic rings. The number of carbonyl (C=O) groups excluding carboxylic acids is 1. The highest BCUT2D eigenvalue weighted by molar-refractivity contribution is 5.82. The molecule has 0 aliphatic rings. The molecule has 1 rings (SSSR count). The van der Waals surface area contributed by atoms with Gasteiger partial charge < -0.3 is 15.8 Å². The van der Waals surface area contributed by atoms with E-state index in [2.05, 4.69) is 10.1 Å². The van der Waals surface area contributed by atoms with Gasteiger partial charge >= 0.3 is 6.36 Å². The van der Waals surface area contributed by atoms with Gasteiger partial charge in [0.1, 0.15) is 5.75 Å². The molecule has 0 aromatic heterocycles. The van der Waals surface area contributed by atoms with Gasteiger partial charge in [-0.1, -0.05) is 18.2 Å². The van der Waals surface area contributed by atoms with Crippen LogP contribution in [-0.2, 0) is 11.3 Å². The molecular weight excluding hydrogens is 273 g/mol. The first kappa shape index (κ1) is 16.3. The van der Waals surface area contributed by atoms with Crippen LogP contribution in [0, 0.1) is 5.41 Å². The molecule has 112 valence electrons. The summed E-state index contributed by atoms with van der Waals surface area (Å²) in [6.45, 7) is 3.38. The summed E-state index contributed by atoms with van der Waals surface area (Å²) in [5.41, 5.74) is 4.92. The average Bonchev–Trinajstić information content (AvgIpc) is 2.35. The van der Waals surface area contributed by atoms with Crippen molar-refractivity contribution >= 4 is 5.91 Å². The number of rotatable bonds is 5. The molecule has 0 aliphatic carbocycles. The standard InChI is InChI=1S/C13H17F3N2O2/c1-12(2,8-17)11(19)18-7-9-5-3-4-6-10(9)20-13(14,15)16/h3-6H,7-8,17H2,1-2H3,(H,18,19). The summed E-state index contributed by atoms with van der Waals surface area (Å²) in [5.74, 6) is -0.660. The first-order valence-electron chi connectivity index (χ1n) is 5.98. The molecule has 0 unspecified atom stereocenters. The number of alkyl halides is 3. The van der Waals surface area contributed by atoms with E-state index >= 15 is 0 Å². The highest BCUT2D eigenvalue weighted by Gasteiger charge is 2.32. The van der Waals surface area contributed by atoms with Crippen molar-refractivity contribution in [1.82, 2.24) is 5.32 Å². The number of para-hydroxylation sites is 1. The van der Waals surface area contributed by atoms with Crippen molar-refractivity contribution in [3.05, 3.63) is 29.8 Å². The maximum atomic E-state index is 12.2. The van der Waals surface area contributed by atoms with Crippen molar-refractivity contribution < 1.29 is 22.7 Å². The van der Waals surface area contributed by atoms with Crippen LogP contribution in [0.1, 0.15) is 19.4 Å². The van der Waals surface area contributed by atoms with Crippen LogP contribution in [0.3, 0.4) is 0 Å². The maximum Gasteiger partial charge on any atom is 0.573 e. The lowest BCUT2D eigenvalue weighted by molar-refractivity contribution is -0.274. The minimum absolute atomic E-state index is 0.0610. The highest BCUT2D eigenvalue weighted by Crippen LogP contribution is 2.26. The third kappa shape index (κ3) is 4.73. The summed E-state index contributed by atoms with van der Waals surface area (Å²) in [7, 11) is 0. The van der Waals surface area contributed by atoms with E-state index in [0.717, 1.165) is 0 Å². The fourth-order valence-corrected chi connectivity index (χ4v) is 1.38. The molecule has 7 heteroatoms. The van der Waals surface area contributed by atoms with Crippen LogP contribution < -0.4 is 15.8 Å². The van der Waals surface area contributed by atoms with Crippen LogP contribution in [0.5, 0.6) is 5.75 Å². The summed E-state index contributed by atoms with van der Waals surface area (Å²) in [6, 6.07) is 5.65. The Balaban J connectivity index is 2.76. The number of hydrogen-bond donors (Lipinski definition) is 2. The van der Waals surface area contributed by atoms with Crippen molar-refractivity contribution in [3.8, 4) is 5.75 Å². The third-order valence-corrected chi connectivity index (χ3v) is 2.76. The Hall–Kier alpha value is -1.76. The number of amides is 1. The zero-order valence-corrected chi connectivity index (χ0v) is 11.3. The van der Waals surface area contributed by atoms with E-state index in [4.69, 9.17) is 5.73 Å². The van der Waals surface area contributed by atoms with Crippen molar-refractivity contribution in [2.24, 2.45) is 11.1 Å². The van der Waals surface area contributed by atoms with Crippen LogP contribution in [0.15, 0.2) is 24.3 Å². The van der Waals surface area contributed by atoms with Gasteiger partial charge in [0, 0.05) is 18.7 Å². The molecule has 3 N–H and O–H groups in total. The molecule has 0 aliphatic heterocycles. The summed E-state index contributed by atoms with van der Waals surface area (Å²) in [4.78, 5) is 11.8. The summed E-state index contributed by atoms with van der Waals surface area (Å²) < 4.78 is 40.6. The number of benzene rings is 1. The molecule has 20 heavy (non-hydrogen) atoms. The predicted molar refractivity (Wildman–Crippen MR) is 67.8 cm³/mol. The molecule has 0 heterocycles. The van der Waals surface area contributed by atoms with E-state index in [9.17, 15) is 18.0 Å². The van der Waals surface area contributed by atoms with E-state index in [1.165, 1.54) is 18.2 Å². The lowest BCUT2D eigenvalue weighted by Gasteiger charge is -2.21. The number of hydrogen-bond acceptors (Lipinski definition) is 3. The molecule has 0 fully saturated rings. The fourth-order valence-electron chi connectivity index (χ4n) is 1.38. The maximum absolute atomic E-state index is 12.2. The Morgan fingerprint density at radius 2 is 1.90 bits per heavy atom. The monoisotopic (exact) mass is 290 g/mol. The Labute approximate surface area is 115 Å². The van der Waals surface area contributed by atoms with E-state index < -0.39 is 11.8 Å². The first-order chi connectivity index (χ1) is 9.15. The predicted octanol–water partition coefficient (Wildman–Crippen LogP) is 2.19. The minimum atomic E-state index is -4.77. The largest absolute Gasteiger partial charge is 0.573 e. The van der Waals surface area contributed by atoms with Gasteiger partial charge in [-0.25, -0.2) is 0 Å². The molecule has 1 aromatic carbocycles. The van der Waals surface area contributed by atoms with Gasteiger partial charge in [-0.2, -0.15) is 0 Å². The smallest absolute Gasteiger partial charge is 0.405 e. The molecule has 4 nitrogen and oxygen atoms in total. The van der Waals surface area contributed by atoms with E-state index in [1.54, 1.807) is 19.9 Å². The highest BCUT2D eigenvalue weighted by atomic mass is 19.4. The third-order valence-electron chi connectivity index (χ3n) is 2.76. The summed E-state index contributed by atoms with van der Waals surface area (Å²) in [6.07, 6.45) is -4.77. The Morgan fingerprint density at radius 1 is 1.30 bits per heavy atom. The van der Waals surface area contributed by atoms with Crippen LogP contribution in [-0.4, -0.2) is 18.8 Å². The van der Waals surface area contributed by atoms with Crippen molar-refractivity contribution in [1.29, 1.82) is 0 Å². The summed E-state index contributed by atoms with van der Waals surface area (Å²) >= 11 is 0. The van der Waals surface area contributed by atoms with Crippen molar-refractivity contribution in [3.63, 3.8) is 0 Å². The Bertz CT molecular complexity index is 473. The van der Waals surface area contributed by atoms with E-state index in [-0.39, 0.29) is 30.3 Å². The fraction of sp³-hybridized carbons (Fsp3) is 0.462. The van der Waals surface area contributed by atoms with Gasteiger partial charge in [0.25, 0.3) is 0 Å². The second-order valence-corrected chi connectivity index (χ2v) is 4.93. The van der Waals surface area contributed by atoms with Crippen LogP contribution in [0.4, 0.5) is 13.2 Å². The molecule has 0 saturated carbocycles. The second-order valence-electron chi connectivity index (χ2n) is 4.93. The van der Waals surface area contributed by atoms with Crippen molar-refractivity contribution in [2.45, 2.75) is 26.8 Å². The topological polar surface area (TPSA) is 64.4 Å². The van der Waals surface area contributed by atoms with Gasteiger partial charge in [0.15, 0.2) is 0 Å². The van der Waals surface area contributed by atoms with Crippen LogP contribution in [0.25, 0.3) is 0 Å². The Kier molecular flexibility index (Phi) is 4.99. The van der Waals surface area contributed by atoms with Gasteiger partial charge in [0.2, 0.25) is 5.91 Å². The molecule has 0 bridgehead atoms. The SMILES string of the molecule is CC(C)(CN)C(=O)NCc1ccccc1OC(F)(F)F. The number of carbonyl (C=O) groups is 1. The zero-order valence-electron chi connectivity index (χ0n) is 11.3. The Morgan fingerprint density at radius 3 is 2.45 bits per heavy atom. The van der Waals surface area contributed by atoms with Gasteiger partial charge in [-0.05, 0) is 19.9 Å². The number of halogens is 3. The number of nitrogens with one attached hydrogen (secondary N) is 1. The van der Waals surface area contributed by atoms with Crippen LogP contribution in [0.2, 0.25) is 0 Å². The molecular formula is C13H17F3N2O2. The lowest BCUT2D eigenvalue weighted by atomic mass is 9.92. The molecule has 0 spiro atoms. The molecule has 0 radical (unpaired) electrons. The number of ether oxygens (including phenoxy) is 1. The zero-order chi connectivity index (χ0) is 15.4. The lowest BCUT2D eigenvalue weighted by Crippen LogP contribution is -2.41. The van der Waals surface area contributed by atoms with E-state index in [1.807, 2.05) is 0 Å². The van der Waals surface area contributed by atoms with E-state index in [0.29, 0.717) is 0 Å². The molecule has 0 atom stereocenters. The quantitative estimate of drug-likeness (QED) is 0.873. The normalized spacial score (nSPS) is 12.1. The molecule has 1 amide bonds. The molecule has 0 saturated heterocycles. The first-order valence-corrected chi connectivity index (χ1v) is 5.98. The second kappa shape index (κ2) is 6.13. The summed E-state index contributed by atoms with van der Waals surface area (Å²) in [5, 5.41) is 2.55. The average molecular weight is 290 g/mol.